The van der Waals surface area contributed by atoms with Gasteiger partial charge >= 0.3 is 0 Å². The Labute approximate surface area is 202 Å². The number of hydrogen-bond acceptors (Lipinski definition) is 8. The van der Waals surface area contributed by atoms with Crippen LogP contribution < -0.4 is 10.6 Å². The molecule has 0 saturated heterocycles. The van der Waals surface area contributed by atoms with Crippen molar-refractivity contribution >= 4 is 35.5 Å². The van der Waals surface area contributed by atoms with Gasteiger partial charge in [-0.25, -0.2) is 4.98 Å². The highest BCUT2D eigenvalue weighted by Gasteiger charge is 2.62. The molecule has 0 aliphatic heterocycles. The summed E-state index contributed by atoms with van der Waals surface area (Å²) >= 11 is 2.81. The van der Waals surface area contributed by atoms with Crippen LogP contribution in [-0.2, 0) is 5.75 Å². The predicted octanol–water partition coefficient (Wildman–Crippen LogP) is 3.72. The van der Waals surface area contributed by atoms with Crippen molar-refractivity contribution in [3.8, 4) is 6.19 Å². The monoisotopic (exact) mass is 489 g/mol. The number of carbonyl (C=O) groups is 1. The number of carbonyl (C=O) groups excluding carboxylic acids is 1. The Morgan fingerprint density at radius 2 is 2.03 bits per heavy atom. The lowest BCUT2D eigenvalue weighted by Gasteiger charge is -2.61. The fraction of sp³-hybridized carbons (Fsp3) is 0.727. The zero-order chi connectivity index (χ0) is 23.4. The van der Waals surface area contributed by atoms with Crippen molar-refractivity contribution in [3.05, 3.63) is 22.6 Å². The molecule has 4 fully saturated rings. The van der Waals surface area contributed by atoms with Crippen molar-refractivity contribution in [1.82, 2.24) is 20.6 Å². The number of guanidine groups is 1. The Hall–Kier alpha value is -2.06. The number of Topliss-reactive ketones (excluding diaryl/α,β-unsaturated/α-hetero) is 1. The molecule has 1 atom stereocenters. The van der Waals surface area contributed by atoms with Crippen molar-refractivity contribution in [2.75, 3.05) is 19.3 Å². The van der Waals surface area contributed by atoms with Crippen LogP contribution in [0.2, 0.25) is 0 Å². The molecule has 0 spiro atoms. The largest absolute Gasteiger partial charge is 0.355 e. The van der Waals surface area contributed by atoms with E-state index in [-0.39, 0.29) is 11.7 Å². The summed E-state index contributed by atoms with van der Waals surface area (Å²) in [5, 5.41) is 14.2. The lowest BCUT2D eigenvalue weighted by atomic mass is 9.49. The molecule has 4 saturated carbocycles. The van der Waals surface area contributed by atoms with Crippen LogP contribution in [0.25, 0.3) is 0 Å². The summed E-state index contributed by atoms with van der Waals surface area (Å²) in [7, 11) is 1.61. The summed E-state index contributed by atoms with van der Waals surface area (Å²) in [5.41, 5.74) is 1.31. The van der Waals surface area contributed by atoms with Crippen molar-refractivity contribution < 1.29 is 4.79 Å². The summed E-state index contributed by atoms with van der Waals surface area (Å²) < 4.78 is 2.91. The molecule has 11 heteroatoms. The number of thioether (sulfide) groups is 1. The van der Waals surface area contributed by atoms with Gasteiger partial charge in [-0.05, 0) is 55.8 Å². The second kappa shape index (κ2) is 10.5. The first-order valence-electron chi connectivity index (χ1n) is 11.5. The Morgan fingerprint density at radius 3 is 2.64 bits per heavy atom. The topological polar surface area (TPSA) is 135 Å². The zero-order valence-electron chi connectivity index (χ0n) is 19.0. The van der Waals surface area contributed by atoms with Gasteiger partial charge in [-0.3, -0.25) is 15.1 Å². The van der Waals surface area contributed by atoms with Crippen LogP contribution in [0.5, 0.6) is 0 Å². The molecular weight excluding hydrogens is 458 g/mol. The third-order valence-electron chi connectivity index (χ3n) is 7.81. The van der Waals surface area contributed by atoms with Crippen LogP contribution in [0.4, 0.5) is 0 Å². The maximum absolute atomic E-state index is 13.7. The van der Waals surface area contributed by atoms with Gasteiger partial charge in [-0.15, -0.1) is 4.91 Å². The maximum atomic E-state index is 13.7. The van der Waals surface area contributed by atoms with Crippen molar-refractivity contribution in [3.63, 3.8) is 0 Å². The van der Waals surface area contributed by atoms with E-state index in [1.54, 1.807) is 25.1 Å². The molecule has 9 nitrogen and oxygen atoms in total. The van der Waals surface area contributed by atoms with Gasteiger partial charge in [0, 0.05) is 47.5 Å². The first kappa shape index (κ1) is 24.1. The number of aromatic nitrogens is 2. The zero-order valence-corrected chi connectivity index (χ0v) is 20.7. The van der Waals surface area contributed by atoms with Gasteiger partial charge in [-0.2, -0.15) is 17.0 Å². The van der Waals surface area contributed by atoms with Crippen LogP contribution >= 0.6 is 23.7 Å². The standard InChI is InChI=1S/C22H31N7O2S2/c1-13(22(33-29-31)16-6-14-5-15(8-16)9-17(22)7-14)20(30)19-18(27-12-28-19)10-32-4-3-25-21(24-2)26-11-23/h12-17H,3-10H2,1-2H3,(H,27,28)(H2,24,25,26). The molecule has 1 heterocycles. The van der Waals surface area contributed by atoms with Crippen LogP contribution in [0.3, 0.4) is 0 Å². The molecule has 0 amide bonds. The molecule has 178 valence electrons. The van der Waals surface area contributed by atoms with E-state index in [0.717, 1.165) is 60.9 Å². The smallest absolute Gasteiger partial charge is 0.204 e. The molecular formula is C22H31N7O2S2. The van der Waals surface area contributed by atoms with Gasteiger partial charge in [0.15, 0.2) is 12.0 Å². The summed E-state index contributed by atoms with van der Waals surface area (Å²) in [6, 6.07) is 0. The normalized spacial score (nSPS) is 31.1. The Kier molecular flexibility index (Phi) is 7.64. The third kappa shape index (κ3) is 4.64. The maximum Gasteiger partial charge on any atom is 0.204 e. The van der Waals surface area contributed by atoms with Crippen LogP contribution in [-0.4, -0.2) is 45.8 Å². The van der Waals surface area contributed by atoms with Gasteiger partial charge in [0.25, 0.3) is 0 Å². The first-order chi connectivity index (χ1) is 16.0. The minimum Gasteiger partial charge on any atom is -0.355 e. The molecule has 0 aromatic carbocycles. The van der Waals surface area contributed by atoms with E-state index in [0.29, 0.717) is 35.8 Å². The number of nitrogens with zero attached hydrogens (tertiary/aromatic N) is 4. The van der Waals surface area contributed by atoms with Gasteiger partial charge < -0.3 is 10.3 Å². The van der Waals surface area contributed by atoms with Crippen molar-refractivity contribution in [2.45, 2.75) is 49.5 Å². The number of imidazole rings is 1. The number of ketones is 1. The lowest BCUT2D eigenvalue weighted by molar-refractivity contribution is -0.0324. The highest BCUT2D eigenvalue weighted by Crippen LogP contribution is 2.65. The predicted molar refractivity (Wildman–Crippen MR) is 132 cm³/mol. The number of hydrogen-bond donors (Lipinski definition) is 3. The third-order valence-corrected chi connectivity index (χ3v) is 10.2. The molecule has 1 unspecified atom stereocenters. The van der Waals surface area contributed by atoms with Gasteiger partial charge in [0.2, 0.25) is 5.96 Å². The van der Waals surface area contributed by atoms with Crippen molar-refractivity contribution in [2.24, 2.45) is 39.2 Å². The minimum absolute atomic E-state index is 0.0206. The van der Waals surface area contributed by atoms with E-state index in [2.05, 4.69) is 30.2 Å². The van der Waals surface area contributed by atoms with Crippen molar-refractivity contribution in [1.29, 1.82) is 5.26 Å². The van der Waals surface area contributed by atoms with Gasteiger partial charge in [0.1, 0.15) is 5.69 Å². The molecule has 1 aromatic heterocycles. The second-order valence-electron chi connectivity index (χ2n) is 9.43. The minimum atomic E-state index is -0.400. The van der Waals surface area contributed by atoms with Crippen LogP contribution in [0.1, 0.15) is 55.2 Å². The first-order valence-corrected chi connectivity index (χ1v) is 13.5. The molecule has 33 heavy (non-hydrogen) atoms. The summed E-state index contributed by atoms with van der Waals surface area (Å²) in [6.07, 6.45) is 9.22. The SMILES string of the molecule is CN=C(NC#N)NCCSCc1[nH]cnc1C(=O)C(C)C1(SN=O)C2CC3CC(C2)CC1C3. The fourth-order valence-corrected chi connectivity index (χ4v) is 8.51. The molecule has 4 aliphatic carbocycles. The van der Waals surface area contributed by atoms with Crippen LogP contribution in [0.15, 0.2) is 15.9 Å². The Bertz CT molecular complexity index is 913. The van der Waals surface area contributed by atoms with E-state index in [4.69, 9.17) is 5.26 Å². The van der Waals surface area contributed by atoms with Gasteiger partial charge in [0.05, 0.1) is 16.8 Å². The molecule has 0 radical (unpaired) electrons. The Balaban J connectivity index is 1.41. The number of nitroso groups, excluding NO2 is 1. The molecule has 3 N–H and O–H groups in total. The number of H-pyrrole nitrogens is 1. The second-order valence-corrected chi connectivity index (χ2v) is 11.6. The Morgan fingerprint density at radius 1 is 1.33 bits per heavy atom. The van der Waals surface area contributed by atoms with E-state index in [1.165, 1.54) is 6.42 Å². The van der Waals surface area contributed by atoms with E-state index >= 15 is 0 Å². The lowest BCUT2D eigenvalue weighted by Crippen LogP contribution is -2.60. The fourth-order valence-electron chi connectivity index (χ4n) is 6.62. The summed E-state index contributed by atoms with van der Waals surface area (Å²) in [5.74, 6) is 3.83. The highest BCUT2D eigenvalue weighted by atomic mass is 32.2. The number of nitriles is 1. The van der Waals surface area contributed by atoms with E-state index < -0.39 is 4.75 Å². The highest BCUT2D eigenvalue weighted by molar-refractivity contribution is 7.99. The average Bonchev–Trinajstić information content (AvgIpc) is 3.27. The van der Waals surface area contributed by atoms with E-state index in [1.807, 2.05) is 13.1 Å². The van der Waals surface area contributed by atoms with Crippen LogP contribution in [0, 0.1) is 46.0 Å². The summed E-state index contributed by atoms with van der Waals surface area (Å²) in [4.78, 5) is 36.7. The molecule has 5 rings (SSSR count). The number of aliphatic imine (C=N–C) groups is 1. The van der Waals surface area contributed by atoms with E-state index in [9.17, 15) is 9.70 Å². The quantitative estimate of drug-likeness (QED) is 0.0661. The number of nitrogens with one attached hydrogen (secondary N) is 3. The molecule has 4 bridgehead atoms. The summed E-state index contributed by atoms with van der Waals surface area (Å²) in [6.45, 7) is 2.63. The number of rotatable bonds is 10. The van der Waals surface area contributed by atoms with Gasteiger partial charge in [-0.1, -0.05) is 6.92 Å². The average molecular weight is 490 g/mol. The molecule has 4 aliphatic rings. The molecule has 1 aromatic rings. The number of aromatic amines is 1.